The number of ketones is 1. The van der Waals surface area contributed by atoms with Crippen LogP contribution in [0, 0.1) is 18.3 Å². The molecule has 0 aliphatic rings. The zero-order valence-corrected chi connectivity index (χ0v) is 17.0. The first-order valence-corrected chi connectivity index (χ1v) is 9.34. The highest BCUT2D eigenvalue weighted by Gasteiger charge is 2.24. The Bertz CT molecular complexity index is 994. The number of aliphatic hydroxyl groups is 1. The van der Waals surface area contributed by atoms with Gasteiger partial charge in [-0.3, -0.25) is 19.1 Å². The molecule has 0 fully saturated rings. The molecule has 150 valence electrons. The van der Waals surface area contributed by atoms with Gasteiger partial charge in [-0.15, -0.1) is 0 Å². The van der Waals surface area contributed by atoms with Crippen LogP contribution in [0.2, 0.25) is 0 Å². The van der Waals surface area contributed by atoms with Gasteiger partial charge in [0.1, 0.15) is 5.69 Å². The monoisotopic (exact) mass is 385 g/mol. The molecule has 0 radical (unpaired) electrons. The molecule has 0 spiro atoms. The number of H-pyrrole nitrogens is 1. The Balaban J connectivity index is 0.00000190. The van der Waals surface area contributed by atoms with Gasteiger partial charge in [-0.1, -0.05) is 27.7 Å². The van der Waals surface area contributed by atoms with Gasteiger partial charge in [0.25, 0.3) is 5.56 Å². The molecule has 7 heteroatoms. The summed E-state index contributed by atoms with van der Waals surface area (Å²) in [5, 5.41) is 18.2. The Morgan fingerprint density at radius 1 is 1.25 bits per heavy atom. The highest BCUT2D eigenvalue weighted by molar-refractivity contribution is 6.09. The largest absolute Gasteiger partial charge is 0.396 e. The van der Waals surface area contributed by atoms with E-state index in [-0.39, 0.29) is 42.3 Å². The molecule has 28 heavy (non-hydrogen) atoms. The molecular formula is C21H27N3O4. The Morgan fingerprint density at radius 3 is 2.43 bits per heavy atom. The molecule has 0 bridgehead atoms. The number of benzene rings is 1. The lowest BCUT2D eigenvalue weighted by Gasteiger charge is -2.17. The van der Waals surface area contributed by atoms with E-state index in [9.17, 15) is 14.4 Å². The second kappa shape index (κ2) is 10.4. The van der Waals surface area contributed by atoms with Gasteiger partial charge in [-0.25, -0.2) is 4.79 Å². The highest BCUT2D eigenvalue weighted by Crippen LogP contribution is 2.20. The Kier molecular flexibility index (Phi) is 8.55. The van der Waals surface area contributed by atoms with Crippen LogP contribution in [0.15, 0.2) is 27.8 Å². The van der Waals surface area contributed by atoms with Crippen molar-refractivity contribution in [1.29, 1.82) is 5.26 Å². The van der Waals surface area contributed by atoms with Crippen molar-refractivity contribution in [1.82, 2.24) is 9.55 Å². The number of hydrogen-bond donors (Lipinski definition) is 2. The van der Waals surface area contributed by atoms with Crippen LogP contribution < -0.4 is 11.2 Å². The standard InChI is InChI=1S/C19H21N3O4.C2H6/c1-11(2)15-16(22(5-4-6-23)19(26)21-18(15)25)17(24)14-8-12(3)7-13(9-14)10-20;1-2/h7-9,11,23H,4-6H2,1-3H3,(H,21,25,26);1-2H3. The lowest BCUT2D eigenvalue weighted by atomic mass is 9.95. The second-order valence-electron chi connectivity index (χ2n) is 6.43. The molecule has 0 saturated carbocycles. The number of aliphatic hydroxyl groups excluding tert-OH is 1. The van der Waals surface area contributed by atoms with Crippen molar-refractivity contribution < 1.29 is 9.90 Å². The van der Waals surface area contributed by atoms with E-state index in [2.05, 4.69) is 4.98 Å². The zero-order chi connectivity index (χ0) is 21.4. The molecule has 7 nitrogen and oxygen atoms in total. The van der Waals surface area contributed by atoms with Gasteiger partial charge in [-0.05, 0) is 43.0 Å². The molecule has 0 amide bonds. The van der Waals surface area contributed by atoms with Crippen molar-refractivity contribution in [3.05, 3.63) is 67.0 Å². The van der Waals surface area contributed by atoms with E-state index in [0.717, 1.165) is 5.56 Å². The van der Waals surface area contributed by atoms with E-state index in [1.165, 1.54) is 10.6 Å². The SMILES string of the molecule is CC.Cc1cc(C#N)cc(C(=O)c2c(C(C)C)c(=O)[nH]c(=O)n2CCCO)c1. The van der Waals surface area contributed by atoms with Crippen molar-refractivity contribution >= 4 is 5.78 Å². The quantitative estimate of drug-likeness (QED) is 0.741. The van der Waals surface area contributed by atoms with Gasteiger partial charge < -0.3 is 5.11 Å². The average Bonchev–Trinajstić information content (AvgIpc) is 2.66. The van der Waals surface area contributed by atoms with E-state index in [0.29, 0.717) is 5.56 Å². The van der Waals surface area contributed by atoms with Crippen molar-refractivity contribution in [3.63, 3.8) is 0 Å². The fourth-order valence-corrected chi connectivity index (χ4v) is 2.92. The number of rotatable bonds is 6. The second-order valence-corrected chi connectivity index (χ2v) is 6.43. The number of aromatic nitrogens is 2. The summed E-state index contributed by atoms with van der Waals surface area (Å²) in [5.41, 5.74) is 0.239. The highest BCUT2D eigenvalue weighted by atomic mass is 16.3. The third-order valence-electron chi connectivity index (χ3n) is 4.04. The summed E-state index contributed by atoms with van der Waals surface area (Å²) in [6.07, 6.45) is 0.265. The van der Waals surface area contributed by atoms with Crippen molar-refractivity contribution in [2.24, 2.45) is 0 Å². The molecule has 2 N–H and O–H groups in total. The van der Waals surface area contributed by atoms with E-state index in [1.54, 1.807) is 32.9 Å². The van der Waals surface area contributed by atoms with E-state index in [1.807, 2.05) is 19.9 Å². The summed E-state index contributed by atoms with van der Waals surface area (Å²) in [6.45, 7) is 9.24. The maximum Gasteiger partial charge on any atom is 0.328 e. The maximum atomic E-state index is 13.2. The number of nitriles is 1. The minimum absolute atomic E-state index is 0.0108. The van der Waals surface area contributed by atoms with Crippen LogP contribution in [-0.4, -0.2) is 27.0 Å². The van der Waals surface area contributed by atoms with Crippen molar-refractivity contribution in [2.45, 2.75) is 53.5 Å². The Labute approximate surface area is 164 Å². The number of hydrogen-bond acceptors (Lipinski definition) is 5. The molecular weight excluding hydrogens is 358 g/mol. The van der Waals surface area contributed by atoms with Crippen LogP contribution in [0.5, 0.6) is 0 Å². The van der Waals surface area contributed by atoms with Crippen molar-refractivity contribution in [3.8, 4) is 6.07 Å². The van der Waals surface area contributed by atoms with Crippen LogP contribution in [-0.2, 0) is 6.54 Å². The maximum absolute atomic E-state index is 13.2. The first kappa shape index (κ1) is 23.1. The molecule has 0 unspecified atom stereocenters. The van der Waals surface area contributed by atoms with Crippen LogP contribution in [0.1, 0.15) is 72.8 Å². The summed E-state index contributed by atoms with van der Waals surface area (Å²) in [7, 11) is 0. The molecule has 1 aromatic carbocycles. The number of carbonyl (C=O) groups is 1. The molecule has 1 aromatic heterocycles. The fraction of sp³-hybridized carbons (Fsp3) is 0.429. The molecule has 2 rings (SSSR count). The molecule has 0 aliphatic heterocycles. The van der Waals surface area contributed by atoms with E-state index < -0.39 is 17.0 Å². The lowest BCUT2D eigenvalue weighted by molar-refractivity contribution is 0.102. The normalized spacial score (nSPS) is 10.2. The zero-order valence-electron chi connectivity index (χ0n) is 17.0. The summed E-state index contributed by atoms with van der Waals surface area (Å²) < 4.78 is 1.20. The molecule has 0 atom stereocenters. The number of carbonyl (C=O) groups excluding carboxylic acids is 1. The Morgan fingerprint density at radius 2 is 1.89 bits per heavy atom. The molecule has 1 heterocycles. The lowest BCUT2D eigenvalue weighted by Crippen LogP contribution is -2.38. The first-order chi connectivity index (χ1) is 13.3. The summed E-state index contributed by atoms with van der Waals surface area (Å²) >= 11 is 0. The van der Waals surface area contributed by atoms with Gasteiger partial charge in [0, 0.05) is 24.3 Å². The first-order valence-electron chi connectivity index (χ1n) is 9.34. The Hall–Kier alpha value is -2.98. The molecule has 2 aromatic rings. The van der Waals surface area contributed by atoms with Crippen LogP contribution >= 0.6 is 0 Å². The average molecular weight is 385 g/mol. The smallest absolute Gasteiger partial charge is 0.328 e. The van der Waals surface area contributed by atoms with Crippen LogP contribution in [0.25, 0.3) is 0 Å². The minimum atomic E-state index is -0.690. The summed E-state index contributed by atoms with van der Waals surface area (Å²) in [4.78, 5) is 40.1. The van der Waals surface area contributed by atoms with Gasteiger partial charge in [0.05, 0.1) is 11.6 Å². The predicted octanol–water partition coefficient (Wildman–Crippen LogP) is 2.48. The van der Waals surface area contributed by atoms with Crippen molar-refractivity contribution in [2.75, 3.05) is 6.61 Å². The third kappa shape index (κ3) is 5.05. The third-order valence-corrected chi connectivity index (χ3v) is 4.04. The van der Waals surface area contributed by atoms with Gasteiger partial charge >= 0.3 is 5.69 Å². The molecule has 0 aliphatic carbocycles. The van der Waals surface area contributed by atoms with Gasteiger partial charge in [-0.2, -0.15) is 5.26 Å². The number of nitrogens with zero attached hydrogens (tertiary/aromatic N) is 2. The number of aryl methyl sites for hydroxylation is 1. The fourth-order valence-electron chi connectivity index (χ4n) is 2.92. The van der Waals surface area contributed by atoms with Gasteiger partial charge in [0.15, 0.2) is 0 Å². The van der Waals surface area contributed by atoms with E-state index >= 15 is 0 Å². The van der Waals surface area contributed by atoms with Crippen LogP contribution in [0.3, 0.4) is 0 Å². The molecule has 0 saturated heterocycles. The summed E-state index contributed by atoms with van der Waals surface area (Å²) in [6, 6.07) is 6.72. The van der Waals surface area contributed by atoms with Gasteiger partial charge in [0.2, 0.25) is 5.78 Å². The number of nitrogens with one attached hydrogen (secondary N) is 1. The number of aromatic amines is 1. The van der Waals surface area contributed by atoms with E-state index in [4.69, 9.17) is 10.4 Å². The minimum Gasteiger partial charge on any atom is -0.396 e. The topological polar surface area (TPSA) is 116 Å². The predicted molar refractivity (Wildman–Crippen MR) is 108 cm³/mol. The summed E-state index contributed by atoms with van der Waals surface area (Å²) in [5.74, 6) is -0.783. The van der Waals surface area contributed by atoms with Crippen LogP contribution in [0.4, 0.5) is 0 Å².